The molecular formula is C14H17ClN2S. The molecule has 0 atom stereocenters. The second kappa shape index (κ2) is 6.12. The summed E-state index contributed by atoms with van der Waals surface area (Å²) in [5.74, 6) is 0. The molecule has 1 heterocycles. The summed E-state index contributed by atoms with van der Waals surface area (Å²) in [7, 11) is 0. The Balaban J connectivity index is 2.17. The molecule has 1 aromatic carbocycles. The molecule has 1 aromatic heterocycles. The highest BCUT2D eigenvalue weighted by Gasteiger charge is 2.08. The molecule has 4 heteroatoms. The van der Waals surface area contributed by atoms with Gasteiger partial charge in [-0.25, -0.2) is 0 Å². The number of halogens is 1. The van der Waals surface area contributed by atoms with Gasteiger partial charge in [-0.2, -0.15) is 0 Å². The first-order valence-corrected chi connectivity index (χ1v) is 7.23. The molecule has 96 valence electrons. The standard InChI is InChI=1S/C14H17ClN2S/c1-2-8-17(10-13-6-7-14(15)18-13)12-5-3-4-11(16)9-12/h3-7,9H,2,8,10,16H2,1H3. The highest BCUT2D eigenvalue weighted by atomic mass is 35.5. The maximum absolute atomic E-state index is 5.97. The third-order valence-corrected chi connectivity index (χ3v) is 3.92. The summed E-state index contributed by atoms with van der Waals surface area (Å²) < 4.78 is 0.842. The van der Waals surface area contributed by atoms with E-state index in [1.54, 1.807) is 11.3 Å². The van der Waals surface area contributed by atoms with E-state index < -0.39 is 0 Å². The largest absolute Gasteiger partial charge is 0.399 e. The average Bonchev–Trinajstić information content (AvgIpc) is 2.74. The molecule has 0 aliphatic carbocycles. The van der Waals surface area contributed by atoms with Gasteiger partial charge in [0.15, 0.2) is 0 Å². The first-order valence-electron chi connectivity index (χ1n) is 6.03. The van der Waals surface area contributed by atoms with E-state index in [4.69, 9.17) is 17.3 Å². The van der Waals surface area contributed by atoms with Crippen molar-refractivity contribution in [2.45, 2.75) is 19.9 Å². The zero-order chi connectivity index (χ0) is 13.0. The molecule has 0 fully saturated rings. The predicted octanol–water partition coefficient (Wildman–Crippen LogP) is 4.40. The lowest BCUT2D eigenvalue weighted by atomic mass is 10.2. The summed E-state index contributed by atoms with van der Waals surface area (Å²) in [4.78, 5) is 3.61. The van der Waals surface area contributed by atoms with Crippen molar-refractivity contribution in [3.8, 4) is 0 Å². The van der Waals surface area contributed by atoms with Gasteiger partial charge >= 0.3 is 0 Å². The third kappa shape index (κ3) is 3.40. The lowest BCUT2D eigenvalue weighted by Crippen LogP contribution is -2.22. The molecule has 0 spiro atoms. The zero-order valence-electron chi connectivity index (χ0n) is 10.4. The molecule has 0 unspecified atom stereocenters. The first kappa shape index (κ1) is 13.2. The van der Waals surface area contributed by atoms with Crippen molar-refractivity contribution >= 4 is 34.3 Å². The van der Waals surface area contributed by atoms with E-state index in [1.165, 1.54) is 10.6 Å². The van der Waals surface area contributed by atoms with Gasteiger partial charge in [0.05, 0.1) is 10.9 Å². The zero-order valence-corrected chi connectivity index (χ0v) is 12.0. The van der Waals surface area contributed by atoms with Crippen LogP contribution in [0.25, 0.3) is 0 Å². The highest BCUT2D eigenvalue weighted by molar-refractivity contribution is 7.16. The molecule has 2 N–H and O–H groups in total. The van der Waals surface area contributed by atoms with Crippen LogP contribution in [-0.2, 0) is 6.54 Å². The van der Waals surface area contributed by atoms with Crippen molar-refractivity contribution in [1.29, 1.82) is 0 Å². The van der Waals surface area contributed by atoms with E-state index in [-0.39, 0.29) is 0 Å². The normalized spacial score (nSPS) is 10.6. The summed E-state index contributed by atoms with van der Waals surface area (Å²) >= 11 is 7.61. The number of nitrogens with zero attached hydrogens (tertiary/aromatic N) is 1. The molecule has 0 aliphatic rings. The van der Waals surface area contributed by atoms with Crippen molar-refractivity contribution in [1.82, 2.24) is 0 Å². The smallest absolute Gasteiger partial charge is 0.0931 e. The van der Waals surface area contributed by atoms with Crippen molar-refractivity contribution in [3.63, 3.8) is 0 Å². The Morgan fingerprint density at radius 2 is 2.11 bits per heavy atom. The van der Waals surface area contributed by atoms with E-state index in [1.807, 2.05) is 24.3 Å². The fourth-order valence-corrected chi connectivity index (χ4v) is 3.02. The number of rotatable bonds is 5. The van der Waals surface area contributed by atoms with Crippen LogP contribution in [0.3, 0.4) is 0 Å². The second-order valence-corrected chi connectivity index (χ2v) is 6.02. The molecule has 18 heavy (non-hydrogen) atoms. The van der Waals surface area contributed by atoms with Crippen LogP contribution in [0.15, 0.2) is 36.4 Å². The van der Waals surface area contributed by atoms with Crippen LogP contribution in [0.5, 0.6) is 0 Å². The first-order chi connectivity index (χ1) is 8.69. The topological polar surface area (TPSA) is 29.3 Å². The Morgan fingerprint density at radius 3 is 2.72 bits per heavy atom. The Hall–Kier alpha value is -1.19. The molecule has 0 aliphatic heterocycles. The molecular weight excluding hydrogens is 264 g/mol. The van der Waals surface area contributed by atoms with Crippen LogP contribution in [0, 0.1) is 0 Å². The van der Waals surface area contributed by atoms with Crippen molar-refractivity contribution in [3.05, 3.63) is 45.6 Å². The number of nitrogens with two attached hydrogens (primary N) is 1. The molecule has 0 saturated heterocycles. The summed E-state index contributed by atoms with van der Waals surface area (Å²) in [6, 6.07) is 12.1. The van der Waals surface area contributed by atoms with Crippen LogP contribution in [0.4, 0.5) is 11.4 Å². The third-order valence-electron chi connectivity index (χ3n) is 2.70. The number of thiophene rings is 1. The number of anilines is 2. The fraction of sp³-hybridized carbons (Fsp3) is 0.286. The van der Waals surface area contributed by atoms with Crippen LogP contribution in [0.1, 0.15) is 18.2 Å². The predicted molar refractivity (Wildman–Crippen MR) is 81.5 cm³/mol. The van der Waals surface area contributed by atoms with Crippen molar-refractivity contribution in [2.75, 3.05) is 17.2 Å². The summed E-state index contributed by atoms with van der Waals surface area (Å²) in [5.41, 5.74) is 7.82. The Morgan fingerprint density at radius 1 is 1.28 bits per heavy atom. The van der Waals surface area contributed by atoms with Crippen LogP contribution in [0.2, 0.25) is 4.34 Å². The number of nitrogen functional groups attached to an aromatic ring is 1. The fourth-order valence-electron chi connectivity index (χ4n) is 1.92. The number of hydrogen-bond donors (Lipinski definition) is 1. The van der Waals surface area contributed by atoms with Crippen molar-refractivity contribution in [2.24, 2.45) is 0 Å². The van der Waals surface area contributed by atoms with Crippen LogP contribution >= 0.6 is 22.9 Å². The SMILES string of the molecule is CCCN(Cc1ccc(Cl)s1)c1cccc(N)c1. The van der Waals surface area contributed by atoms with Gasteiger partial charge in [-0.3, -0.25) is 0 Å². The van der Waals surface area contributed by atoms with E-state index in [2.05, 4.69) is 24.0 Å². The molecule has 2 nitrogen and oxygen atoms in total. The summed E-state index contributed by atoms with van der Waals surface area (Å²) in [5, 5.41) is 0. The molecule has 0 bridgehead atoms. The monoisotopic (exact) mass is 280 g/mol. The van der Waals surface area contributed by atoms with Gasteiger partial charge in [-0.1, -0.05) is 24.6 Å². The van der Waals surface area contributed by atoms with Gasteiger partial charge in [0, 0.05) is 22.8 Å². The number of hydrogen-bond acceptors (Lipinski definition) is 3. The van der Waals surface area contributed by atoms with Crippen LogP contribution in [-0.4, -0.2) is 6.54 Å². The average molecular weight is 281 g/mol. The minimum absolute atomic E-state index is 0.804. The maximum atomic E-state index is 5.97. The molecule has 0 radical (unpaired) electrons. The highest BCUT2D eigenvalue weighted by Crippen LogP contribution is 2.26. The van der Waals surface area contributed by atoms with Gasteiger partial charge in [0.1, 0.15) is 0 Å². The lowest BCUT2D eigenvalue weighted by Gasteiger charge is -2.24. The van der Waals surface area contributed by atoms with E-state index in [0.717, 1.165) is 29.5 Å². The van der Waals surface area contributed by atoms with Gasteiger partial charge in [-0.05, 0) is 36.8 Å². The summed E-state index contributed by atoms with van der Waals surface area (Å²) in [6.45, 7) is 4.08. The number of benzene rings is 1. The second-order valence-electron chi connectivity index (χ2n) is 4.22. The van der Waals surface area contributed by atoms with Gasteiger partial charge < -0.3 is 10.6 Å². The molecule has 2 aromatic rings. The Kier molecular flexibility index (Phi) is 4.50. The van der Waals surface area contributed by atoms with E-state index in [0.29, 0.717) is 0 Å². The molecule has 2 rings (SSSR count). The quantitative estimate of drug-likeness (QED) is 0.823. The maximum Gasteiger partial charge on any atom is 0.0931 e. The van der Waals surface area contributed by atoms with Crippen molar-refractivity contribution < 1.29 is 0 Å². The van der Waals surface area contributed by atoms with Crippen LogP contribution < -0.4 is 10.6 Å². The van der Waals surface area contributed by atoms with Gasteiger partial charge in [0.25, 0.3) is 0 Å². The van der Waals surface area contributed by atoms with E-state index in [9.17, 15) is 0 Å². The van der Waals surface area contributed by atoms with Gasteiger partial charge in [-0.15, -0.1) is 11.3 Å². The molecule has 0 amide bonds. The lowest BCUT2D eigenvalue weighted by molar-refractivity contribution is 0.774. The Bertz CT molecular complexity index is 510. The summed E-state index contributed by atoms with van der Waals surface area (Å²) in [6.07, 6.45) is 1.11. The molecule has 0 saturated carbocycles. The van der Waals surface area contributed by atoms with E-state index >= 15 is 0 Å². The Labute approximate surface area is 117 Å². The minimum atomic E-state index is 0.804. The van der Waals surface area contributed by atoms with Gasteiger partial charge in [0.2, 0.25) is 0 Å². The minimum Gasteiger partial charge on any atom is -0.399 e.